The summed E-state index contributed by atoms with van der Waals surface area (Å²) in [4.78, 5) is 33.1. The van der Waals surface area contributed by atoms with Gasteiger partial charge in [0.25, 0.3) is 5.91 Å². The molecule has 2 heterocycles. The molecule has 0 spiro atoms. The average molecular weight is 450 g/mol. The first kappa shape index (κ1) is 22.4. The fourth-order valence-corrected chi connectivity index (χ4v) is 4.18. The van der Waals surface area contributed by atoms with Gasteiger partial charge in [-0.05, 0) is 43.2 Å². The summed E-state index contributed by atoms with van der Waals surface area (Å²) in [5.41, 5.74) is 0.950. The van der Waals surface area contributed by atoms with Crippen LogP contribution in [0.15, 0.2) is 65.5 Å². The van der Waals surface area contributed by atoms with Crippen molar-refractivity contribution in [1.29, 1.82) is 0 Å². The van der Waals surface area contributed by atoms with Crippen molar-refractivity contribution in [2.24, 2.45) is 0 Å². The number of rotatable bonds is 8. The normalized spacial score (nSPS) is 14.5. The van der Waals surface area contributed by atoms with Gasteiger partial charge >= 0.3 is 0 Å². The molecule has 1 N–H and O–H groups in total. The number of nitrogens with one attached hydrogen (secondary N) is 1. The molecule has 2 aromatic heterocycles. The summed E-state index contributed by atoms with van der Waals surface area (Å²) >= 11 is 0. The fourth-order valence-electron chi connectivity index (χ4n) is 4.18. The zero-order chi connectivity index (χ0) is 23.2. The van der Waals surface area contributed by atoms with E-state index in [1.165, 1.54) is 25.4 Å². The van der Waals surface area contributed by atoms with Crippen LogP contribution in [0.3, 0.4) is 0 Å². The third-order valence-corrected chi connectivity index (χ3v) is 5.80. The number of carbonyl (C=O) groups excluding carboxylic acids is 2. The quantitative estimate of drug-likeness (QED) is 0.556. The number of hydrogen-bond donors (Lipinski definition) is 1. The number of methoxy groups -OCH3 is 2. The maximum atomic E-state index is 13.8. The van der Waals surface area contributed by atoms with E-state index in [9.17, 15) is 9.59 Å². The van der Waals surface area contributed by atoms with E-state index in [0.29, 0.717) is 22.7 Å². The van der Waals surface area contributed by atoms with E-state index in [4.69, 9.17) is 13.9 Å². The monoisotopic (exact) mass is 449 g/mol. The van der Waals surface area contributed by atoms with Crippen molar-refractivity contribution in [2.75, 3.05) is 19.1 Å². The molecule has 1 saturated carbocycles. The zero-order valence-electron chi connectivity index (χ0n) is 18.7. The first-order chi connectivity index (χ1) is 16.1. The molecule has 0 unspecified atom stereocenters. The molecule has 4 rings (SSSR count). The molecule has 33 heavy (non-hydrogen) atoms. The van der Waals surface area contributed by atoms with Crippen LogP contribution in [0.5, 0.6) is 11.5 Å². The van der Waals surface area contributed by atoms with Gasteiger partial charge in [0.05, 0.1) is 26.2 Å². The van der Waals surface area contributed by atoms with Crippen LogP contribution in [-0.4, -0.2) is 37.1 Å². The van der Waals surface area contributed by atoms with Crippen LogP contribution in [-0.2, 0) is 4.79 Å². The smallest absolute Gasteiger partial charge is 0.295 e. The lowest BCUT2D eigenvalue weighted by atomic mass is 10.0. The Hall–Kier alpha value is -3.81. The highest BCUT2D eigenvalue weighted by atomic mass is 16.5. The lowest BCUT2D eigenvalue weighted by Crippen LogP contribution is -2.46. The Kier molecular flexibility index (Phi) is 6.92. The molecule has 1 aliphatic rings. The first-order valence-electron chi connectivity index (χ1n) is 10.9. The lowest BCUT2D eigenvalue weighted by molar-refractivity contribution is -0.123. The number of ether oxygens (including phenoxy) is 2. The summed E-state index contributed by atoms with van der Waals surface area (Å²) in [6, 6.07) is 10.9. The van der Waals surface area contributed by atoms with Gasteiger partial charge < -0.3 is 19.2 Å². The first-order valence-corrected chi connectivity index (χ1v) is 10.9. The van der Waals surface area contributed by atoms with Crippen molar-refractivity contribution in [3.63, 3.8) is 0 Å². The number of nitrogens with zero attached hydrogens (tertiary/aromatic N) is 2. The third-order valence-electron chi connectivity index (χ3n) is 5.80. The summed E-state index contributed by atoms with van der Waals surface area (Å²) in [5, 5.41) is 3.13. The van der Waals surface area contributed by atoms with E-state index in [1.807, 2.05) is 0 Å². The SMILES string of the molecule is COc1ccc(OC)c(N(C(=O)c2ccco2)[C@@H](C(=O)NC2CCCC2)c2cccnc2)c1. The number of benzene rings is 1. The van der Waals surface area contributed by atoms with E-state index >= 15 is 0 Å². The second-order valence-electron chi connectivity index (χ2n) is 7.87. The molecule has 2 amide bonds. The molecule has 1 atom stereocenters. The summed E-state index contributed by atoms with van der Waals surface area (Å²) in [6.07, 6.45) is 8.61. The minimum absolute atomic E-state index is 0.0736. The Bertz CT molecular complexity index is 1080. The standard InChI is InChI=1S/C25H27N3O5/c1-31-19-11-12-21(32-2)20(15-19)28(25(30)22-10-6-14-33-22)23(17-7-5-13-26-16-17)24(29)27-18-8-3-4-9-18/h5-7,10-16,18,23H,3-4,8-9H2,1-2H3,(H,27,29)/t23-/m1/s1. The van der Waals surface area contributed by atoms with Gasteiger partial charge in [-0.1, -0.05) is 18.9 Å². The number of carbonyl (C=O) groups is 2. The van der Waals surface area contributed by atoms with Gasteiger partial charge in [-0.2, -0.15) is 0 Å². The van der Waals surface area contributed by atoms with Gasteiger partial charge in [0.1, 0.15) is 17.5 Å². The van der Waals surface area contributed by atoms with E-state index < -0.39 is 11.9 Å². The Balaban J connectivity index is 1.86. The molecule has 8 nitrogen and oxygen atoms in total. The van der Waals surface area contributed by atoms with Crippen molar-refractivity contribution < 1.29 is 23.5 Å². The van der Waals surface area contributed by atoms with Crippen LogP contribution in [0.4, 0.5) is 5.69 Å². The predicted molar refractivity (Wildman–Crippen MR) is 122 cm³/mol. The van der Waals surface area contributed by atoms with Crippen LogP contribution in [0.1, 0.15) is 47.8 Å². The Morgan fingerprint density at radius 3 is 2.58 bits per heavy atom. The van der Waals surface area contributed by atoms with Crippen molar-refractivity contribution in [3.05, 3.63) is 72.4 Å². The second-order valence-corrected chi connectivity index (χ2v) is 7.87. The molecule has 0 aliphatic heterocycles. The number of amides is 2. The molecule has 0 saturated heterocycles. The third kappa shape index (κ3) is 4.84. The topological polar surface area (TPSA) is 93.9 Å². The van der Waals surface area contributed by atoms with Gasteiger partial charge in [-0.25, -0.2) is 0 Å². The number of furan rings is 1. The largest absolute Gasteiger partial charge is 0.497 e. The van der Waals surface area contributed by atoms with Crippen molar-refractivity contribution >= 4 is 17.5 Å². The molecule has 0 radical (unpaired) electrons. The number of pyridine rings is 1. The molecule has 1 aliphatic carbocycles. The minimum atomic E-state index is -1.00. The van der Waals surface area contributed by atoms with Gasteiger partial charge in [0.2, 0.25) is 5.91 Å². The molecule has 172 valence electrons. The molecular weight excluding hydrogens is 422 g/mol. The van der Waals surface area contributed by atoms with E-state index in [1.54, 1.807) is 54.9 Å². The van der Waals surface area contributed by atoms with Crippen LogP contribution < -0.4 is 19.7 Å². The van der Waals surface area contributed by atoms with Gasteiger partial charge in [0.15, 0.2) is 5.76 Å². The minimum Gasteiger partial charge on any atom is -0.497 e. The fraction of sp³-hybridized carbons (Fsp3) is 0.320. The Morgan fingerprint density at radius 1 is 1.12 bits per heavy atom. The molecule has 0 bridgehead atoms. The summed E-state index contributed by atoms with van der Waals surface area (Å²) < 4.78 is 16.4. The van der Waals surface area contributed by atoms with Crippen LogP contribution >= 0.6 is 0 Å². The maximum Gasteiger partial charge on any atom is 0.295 e. The molecule has 3 aromatic rings. The number of anilines is 1. The van der Waals surface area contributed by atoms with Crippen LogP contribution in [0, 0.1) is 0 Å². The summed E-state index contributed by atoms with van der Waals surface area (Å²) in [5.74, 6) is 0.256. The number of aromatic nitrogens is 1. The van der Waals surface area contributed by atoms with Gasteiger partial charge in [0, 0.05) is 30.1 Å². The highest BCUT2D eigenvalue weighted by Crippen LogP contribution is 2.38. The Morgan fingerprint density at radius 2 is 1.94 bits per heavy atom. The summed E-state index contributed by atoms with van der Waals surface area (Å²) in [6.45, 7) is 0. The summed E-state index contributed by atoms with van der Waals surface area (Å²) in [7, 11) is 3.05. The maximum absolute atomic E-state index is 13.8. The number of hydrogen-bond acceptors (Lipinski definition) is 6. The second kappa shape index (κ2) is 10.2. The zero-order valence-corrected chi connectivity index (χ0v) is 18.7. The molecular formula is C25H27N3O5. The Labute approximate surface area is 192 Å². The van der Waals surface area contributed by atoms with Crippen molar-refractivity contribution in [1.82, 2.24) is 10.3 Å². The van der Waals surface area contributed by atoms with Crippen molar-refractivity contribution in [3.8, 4) is 11.5 Å². The highest BCUT2D eigenvalue weighted by Gasteiger charge is 2.37. The van der Waals surface area contributed by atoms with Crippen molar-refractivity contribution in [2.45, 2.75) is 37.8 Å². The van der Waals surface area contributed by atoms with Gasteiger partial charge in [-0.3, -0.25) is 19.5 Å². The van der Waals surface area contributed by atoms with Gasteiger partial charge in [-0.15, -0.1) is 0 Å². The molecule has 8 heteroatoms. The van der Waals surface area contributed by atoms with Crippen LogP contribution in [0.2, 0.25) is 0 Å². The van der Waals surface area contributed by atoms with Crippen LogP contribution in [0.25, 0.3) is 0 Å². The molecule has 1 fully saturated rings. The predicted octanol–water partition coefficient (Wildman–Crippen LogP) is 4.14. The van der Waals surface area contributed by atoms with E-state index in [2.05, 4.69) is 10.3 Å². The average Bonchev–Trinajstić information content (AvgIpc) is 3.57. The highest BCUT2D eigenvalue weighted by molar-refractivity contribution is 6.09. The van der Waals surface area contributed by atoms with E-state index in [-0.39, 0.29) is 17.7 Å². The van der Waals surface area contributed by atoms with E-state index in [0.717, 1.165) is 25.7 Å². The lowest BCUT2D eigenvalue weighted by Gasteiger charge is -2.32. The molecule has 1 aromatic carbocycles.